The number of carbonyl (C=O) groups excluding carboxylic acids is 2. The van der Waals surface area contributed by atoms with Crippen LogP contribution in [0.5, 0.6) is 0 Å². The predicted octanol–water partition coefficient (Wildman–Crippen LogP) is 2.06. The first-order chi connectivity index (χ1) is 16.2. The van der Waals surface area contributed by atoms with Crippen molar-refractivity contribution in [3.05, 3.63) is 40.9 Å². The van der Waals surface area contributed by atoms with Gasteiger partial charge in [-0.3, -0.25) is 14.9 Å². The van der Waals surface area contributed by atoms with Crippen LogP contribution in [-0.2, 0) is 19.5 Å². The lowest BCUT2D eigenvalue weighted by molar-refractivity contribution is -0.110. The standard InChI is InChI=1S/C22H26N4O6S2/c1-34(30,31)17-8-6-14(7-9-17)19(25-32-16-4-2-3-5-16)20(28)24-22-23-12-18(33-22)21(29)26-11-10-15(27)13-26/h6-9,12,15-16,27H,2-5,10-11,13H2,1H3,(H,23,24,28). The van der Waals surface area contributed by atoms with E-state index in [4.69, 9.17) is 4.84 Å². The summed E-state index contributed by atoms with van der Waals surface area (Å²) < 4.78 is 23.5. The Hall–Kier alpha value is -2.83. The second-order valence-corrected chi connectivity index (χ2v) is 11.5. The number of thiazole rings is 1. The number of hydrogen-bond acceptors (Lipinski definition) is 9. The van der Waals surface area contributed by atoms with E-state index in [9.17, 15) is 23.1 Å². The fraction of sp³-hybridized carbons (Fsp3) is 0.455. The van der Waals surface area contributed by atoms with Crippen LogP contribution in [-0.4, -0.2) is 72.5 Å². The number of β-amino-alcohol motifs (C(OH)–C–C–N with tert-alkyl or cyclic N) is 1. The Labute approximate surface area is 201 Å². The number of likely N-dealkylation sites (tertiary alicyclic amines) is 1. The van der Waals surface area contributed by atoms with Crippen LogP contribution in [0.2, 0.25) is 0 Å². The molecule has 1 aromatic heterocycles. The Morgan fingerprint density at radius 3 is 2.53 bits per heavy atom. The van der Waals surface area contributed by atoms with Gasteiger partial charge in [0.15, 0.2) is 20.7 Å². The zero-order valence-corrected chi connectivity index (χ0v) is 20.3. The minimum absolute atomic E-state index is 0.0160. The van der Waals surface area contributed by atoms with Crippen LogP contribution >= 0.6 is 11.3 Å². The summed E-state index contributed by atoms with van der Waals surface area (Å²) >= 11 is 1.03. The maximum absolute atomic E-state index is 13.1. The monoisotopic (exact) mass is 506 g/mol. The van der Waals surface area contributed by atoms with Gasteiger partial charge in [-0.05, 0) is 44.2 Å². The normalized spacial score (nSPS) is 19.4. The minimum atomic E-state index is -3.39. The number of hydrogen-bond donors (Lipinski definition) is 2. The van der Waals surface area contributed by atoms with Crippen molar-refractivity contribution in [1.82, 2.24) is 9.88 Å². The molecule has 2 aliphatic rings. The van der Waals surface area contributed by atoms with Gasteiger partial charge >= 0.3 is 0 Å². The van der Waals surface area contributed by atoms with Crippen LogP contribution in [0.4, 0.5) is 5.13 Å². The lowest BCUT2D eigenvalue weighted by atomic mass is 10.1. The Bertz CT molecular complexity index is 1190. The van der Waals surface area contributed by atoms with Gasteiger partial charge in [-0.15, -0.1) is 0 Å². The van der Waals surface area contributed by atoms with Crippen LogP contribution in [0.3, 0.4) is 0 Å². The van der Waals surface area contributed by atoms with Crippen LogP contribution < -0.4 is 5.32 Å². The zero-order chi connectivity index (χ0) is 24.3. The molecule has 1 atom stereocenters. The molecule has 0 spiro atoms. The van der Waals surface area contributed by atoms with Gasteiger partial charge in [0.25, 0.3) is 11.8 Å². The van der Waals surface area contributed by atoms with E-state index in [2.05, 4.69) is 15.5 Å². The summed E-state index contributed by atoms with van der Waals surface area (Å²) in [6.45, 7) is 0.746. The summed E-state index contributed by atoms with van der Waals surface area (Å²) in [5.74, 6) is -0.834. The number of nitrogens with one attached hydrogen (secondary N) is 1. The van der Waals surface area contributed by atoms with E-state index in [0.717, 1.165) is 43.3 Å². The third-order valence-corrected chi connectivity index (χ3v) is 7.78. The molecule has 10 nitrogen and oxygen atoms in total. The van der Waals surface area contributed by atoms with Crippen molar-refractivity contribution in [1.29, 1.82) is 0 Å². The summed E-state index contributed by atoms with van der Waals surface area (Å²) in [6, 6.07) is 5.83. The van der Waals surface area contributed by atoms with Crippen molar-refractivity contribution >= 4 is 43.8 Å². The first kappa shape index (κ1) is 24.3. The Kier molecular flexibility index (Phi) is 7.29. The van der Waals surface area contributed by atoms with Crippen LogP contribution in [0, 0.1) is 0 Å². The number of rotatable bonds is 7. The van der Waals surface area contributed by atoms with Gasteiger partial charge in [0.2, 0.25) is 0 Å². The molecule has 34 heavy (non-hydrogen) atoms. The second-order valence-electron chi connectivity index (χ2n) is 8.43. The fourth-order valence-corrected chi connectivity index (χ4v) is 5.29. The first-order valence-electron chi connectivity index (χ1n) is 11.0. The number of aromatic nitrogens is 1. The highest BCUT2D eigenvalue weighted by atomic mass is 32.2. The fourth-order valence-electron chi connectivity index (χ4n) is 3.88. The smallest absolute Gasteiger partial charge is 0.280 e. The van der Waals surface area contributed by atoms with Gasteiger partial charge in [-0.25, -0.2) is 13.4 Å². The van der Waals surface area contributed by atoms with Crippen molar-refractivity contribution in [3.63, 3.8) is 0 Å². The van der Waals surface area contributed by atoms with Gasteiger partial charge in [0.05, 0.1) is 17.2 Å². The third-order valence-electron chi connectivity index (χ3n) is 5.75. The van der Waals surface area contributed by atoms with Gasteiger partial charge in [-0.2, -0.15) is 0 Å². The van der Waals surface area contributed by atoms with Gasteiger partial charge < -0.3 is 14.8 Å². The number of carbonyl (C=O) groups is 2. The molecule has 1 aromatic carbocycles. The molecule has 182 valence electrons. The number of benzene rings is 1. The molecule has 12 heteroatoms. The van der Waals surface area contributed by atoms with E-state index < -0.39 is 21.8 Å². The molecule has 2 N–H and O–H groups in total. The molecule has 2 aromatic rings. The molecule has 1 aliphatic carbocycles. The summed E-state index contributed by atoms with van der Waals surface area (Å²) in [4.78, 5) is 37.4. The van der Waals surface area contributed by atoms with E-state index in [1.54, 1.807) is 4.90 Å². The molecular weight excluding hydrogens is 480 g/mol. The number of amides is 2. The van der Waals surface area contributed by atoms with Crippen molar-refractivity contribution < 1.29 is 28.0 Å². The molecule has 1 aliphatic heterocycles. The minimum Gasteiger partial charge on any atom is -0.392 e. The molecule has 1 unspecified atom stereocenters. The van der Waals surface area contributed by atoms with Crippen LogP contribution in [0.15, 0.2) is 40.5 Å². The summed E-state index contributed by atoms with van der Waals surface area (Å²) in [7, 11) is -3.39. The second kappa shape index (κ2) is 10.2. The molecule has 4 rings (SSSR count). The van der Waals surface area contributed by atoms with Gasteiger partial charge in [-0.1, -0.05) is 28.6 Å². The maximum Gasteiger partial charge on any atom is 0.280 e. The number of aliphatic hydroxyl groups excluding tert-OH is 1. The van der Waals surface area contributed by atoms with Crippen molar-refractivity contribution in [2.24, 2.45) is 5.16 Å². The average molecular weight is 507 g/mol. The maximum atomic E-state index is 13.1. The van der Waals surface area contributed by atoms with E-state index in [1.807, 2.05) is 0 Å². The topological polar surface area (TPSA) is 138 Å². The summed E-state index contributed by atoms with van der Waals surface area (Å²) in [6.07, 6.45) is 6.22. The number of oxime groups is 1. The number of sulfone groups is 1. The third kappa shape index (κ3) is 5.80. The molecule has 0 bridgehead atoms. The summed E-state index contributed by atoms with van der Waals surface area (Å²) in [5.41, 5.74) is 0.375. The molecule has 1 saturated heterocycles. The van der Waals surface area contributed by atoms with E-state index in [0.29, 0.717) is 23.4 Å². The van der Waals surface area contributed by atoms with E-state index >= 15 is 0 Å². The van der Waals surface area contributed by atoms with Gasteiger partial charge in [0, 0.05) is 24.9 Å². The number of aliphatic hydroxyl groups is 1. The van der Waals surface area contributed by atoms with E-state index in [-0.39, 0.29) is 34.3 Å². The lowest BCUT2D eigenvalue weighted by Crippen LogP contribution is -2.28. The Balaban J connectivity index is 1.52. The van der Waals surface area contributed by atoms with E-state index in [1.165, 1.54) is 30.5 Å². The van der Waals surface area contributed by atoms with Crippen molar-refractivity contribution in [2.45, 2.75) is 49.2 Å². The molecular formula is C22H26N4O6S2. The predicted molar refractivity (Wildman–Crippen MR) is 127 cm³/mol. The van der Waals surface area contributed by atoms with Crippen molar-refractivity contribution in [2.75, 3.05) is 24.7 Å². The first-order valence-corrected chi connectivity index (χ1v) is 13.7. The molecule has 0 radical (unpaired) electrons. The molecule has 2 heterocycles. The SMILES string of the molecule is CS(=O)(=O)c1ccc(C(=NOC2CCCC2)C(=O)Nc2ncc(C(=O)N3CCC(O)C3)s2)cc1. The largest absolute Gasteiger partial charge is 0.392 e. The highest BCUT2D eigenvalue weighted by molar-refractivity contribution is 7.90. The number of anilines is 1. The Morgan fingerprint density at radius 1 is 1.21 bits per heavy atom. The number of nitrogens with zero attached hydrogens (tertiary/aromatic N) is 3. The lowest BCUT2D eigenvalue weighted by Gasteiger charge is -2.13. The molecule has 2 amide bonds. The highest BCUT2D eigenvalue weighted by Crippen LogP contribution is 2.24. The molecule has 2 fully saturated rings. The highest BCUT2D eigenvalue weighted by Gasteiger charge is 2.27. The average Bonchev–Trinajstić information content (AvgIpc) is 3.56. The van der Waals surface area contributed by atoms with Crippen LogP contribution in [0.25, 0.3) is 0 Å². The zero-order valence-electron chi connectivity index (χ0n) is 18.6. The van der Waals surface area contributed by atoms with Gasteiger partial charge in [0.1, 0.15) is 11.0 Å². The molecule has 1 saturated carbocycles. The quantitative estimate of drug-likeness (QED) is 0.433. The van der Waals surface area contributed by atoms with Crippen molar-refractivity contribution in [3.8, 4) is 0 Å². The summed E-state index contributed by atoms with van der Waals surface area (Å²) in [5, 5.41) is 16.6. The van der Waals surface area contributed by atoms with Crippen LogP contribution in [0.1, 0.15) is 47.3 Å². The Morgan fingerprint density at radius 2 is 1.91 bits per heavy atom.